The van der Waals surface area contributed by atoms with Gasteiger partial charge in [0, 0.05) is 0 Å². The molecule has 2 nitrogen and oxygen atoms in total. The fraction of sp³-hybridized carbons (Fsp3) is 0.400. The third kappa shape index (κ3) is 2.58. The fourth-order valence-corrected chi connectivity index (χ4v) is 2.77. The van der Waals surface area contributed by atoms with E-state index in [1.54, 1.807) is 0 Å². The minimum absolute atomic E-state index is 0.0627. The quantitative estimate of drug-likeness (QED) is 0.520. The molecule has 0 unspecified atom stereocenters. The molecule has 0 N–H and O–H groups in total. The molecule has 0 aliphatic carbocycles. The van der Waals surface area contributed by atoms with Gasteiger partial charge in [0.05, 0.1) is 22.1 Å². The lowest BCUT2D eigenvalue weighted by atomic mass is 9.85. The van der Waals surface area contributed by atoms with Crippen LogP contribution < -0.4 is 0 Å². The normalized spacial score (nSPS) is 13.0. The molecule has 2 heteroatoms. The lowest BCUT2D eigenvalue weighted by Crippen LogP contribution is -2.13. The number of hydrogen-bond acceptors (Lipinski definition) is 2. The Morgan fingerprint density at radius 3 is 2.05 bits per heavy atom. The van der Waals surface area contributed by atoms with Crippen LogP contribution in [0.25, 0.3) is 22.1 Å². The van der Waals surface area contributed by atoms with E-state index in [4.69, 9.17) is 9.97 Å². The van der Waals surface area contributed by atoms with E-state index < -0.39 is 0 Å². The number of rotatable bonds is 0. The van der Waals surface area contributed by atoms with Crippen LogP contribution in [0, 0.1) is 0 Å². The molecule has 3 rings (SSSR count). The maximum Gasteiger partial charge on any atom is 0.0931 e. The molecule has 2 aromatic carbocycles. The van der Waals surface area contributed by atoms with Gasteiger partial charge in [0.15, 0.2) is 0 Å². The minimum Gasteiger partial charge on any atom is -0.244 e. The molecule has 0 amide bonds. The topological polar surface area (TPSA) is 25.8 Å². The Balaban J connectivity index is 2.31. The van der Waals surface area contributed by atoms with Crippen molar-refractivity contribution in [2.45, 2.75) is 52.4 Å². The van der Waals surface area contributed by atoms with E-state index in [0.717, 1.165) is 22.1 Å². The van der Waals surface area contributed by atoms with Crippen molar-refractivity contribution in [3.63, 3.8) is 0 Å². The summed E-state index contributed by atoms with van der Waals surface area (Å²) in [4.78, 5) is 9.77. The summed E-state index contributed by atoms with van der Waals surface area (Å²) in [5, 5.41) is 0. The molecule has 22 heavy (non-hydrogen) atoms. The number of hydrogen-bond donors (Lipinski definition) is 0. The Labute approximate surface area is 132 Å². The number of para-hydroxylation sites is 1. The van der Waals surface area contributed by atoms with Crippen LogP contribution in [-0.2, 0) is 10.8 Å². The minimum atomic E-state index is 0.0627. The van der Waals surface area contributed by atoms with Crippen LogP contribution in [-0.4, -0.2) is 9.97 Å². The van der Waals surface area contributed by atoms with E-state index in [1.807, 2.05) is 0 Å². The molecule has 0 fully saturated rings. The Bertz CT molecular complexity index is 848. The highest BCUT2D eigenvalue weighted by molar-refractivity contribution is 5.88. The van der Waals surface area contributed by atoms with Gasteiger partial charge in [-0.25, -0.2) is 9.97 Å². The van der Waals surface area contributed by atoms with Crippen molar-refractivity contribution >= 4 is 22.1 Å². The number of fused-ring (bicyclic) bond motifs is 2. The first kappa shape index (κ1) is 15.0. The van der Waals surface area contributed by atoms with Gasteiger partial charge >= 0.3 is 0 Å². The predicted octanol–water partition coefficient (Wildman–Crippen LogP) is 5.38. The molecule has 0 aliphatic rings. The third-order valence-corrected chi connectivity index (χ3v) is 4.14. The van der Waals surface area contributed by atoms with Crippen LogP contribution in [0.5, 0.6) is 0 Å². The number of aromatic nitrogens is 2. The molecule has 0 saturated heterocycles. The largest absolute Gasteiger partial charge is 0.244 e. The monoisotopic (exact) mass is 292 g/mol. The zero-order valence-corrected chi connectivity index (χ0v) is 14.4. The highest BCUT2D eigenvalue weighted by Crippen LogP contribution is 2.30. The molecule has 114 valence electrons. The van der Waals surface area contributed by atoms with E-state index in [1.165, 1.54) is 11.1 Å². The van der Waals surface area contributed by atoms with Crippen molar-refractivity contribution in [3.8, 4) is 0 Å². The van der Waals surface area contributed by atoms with Crippen LogP contribution in [0.3, 0.4) is 0 Å². The highest BCUT2D eigenvalue weighted by atomic mass is 14.8. The summed E-state index contributed by atoms with van der Waals surface area (Å²) >= 11 is 0. The van der Waals surface area contributed by atoms with Crippen molar-refractivity contribution in [2.75, 3.05) is 0 Å². The van der Waals surface area contributed by atoms with E-state index in [0.29, 0.717) is 0 Å². The van der Waals surface area contributed by atoms with Gasteiger partial charge in [-0.1, -0.05) is 59.7 Å². The maximum absolute atomic E-state index is 4.90. The summed E-state index contributed by atoms with van der Waals surface area (Å²) in [6.45, 7) is 13.3. The van der Waals surface area contributed by atoms with Gasteiger partial charge in [-0.2, -0.15) is 0 Å². The first-order chi connectivity index (χ1) is 10.2. The van der Waals surface area contributed by atoms with Crippen molar-refractivity contribution in [1.82, 2.24) is 9.97 Å². The highest BCUT2D eigenvalue weighted by Gasteiger charge is 2.19. The molecule has 0 saturated carbocycles. The van der Waals surface area contributed by atoms with E-state index in [2.05, 4.69) is 77.9 Å². The smallest absolute Gasteiger partial charge is 0.0931 e. The lowest BCUT2D eigenvalue weighted by Gasteiger charge is -2.21. The third-order valence-electron chi connectivity index (χ3n) is 4.14. The van der Waals surface area contributed by atoms with E-state index >= 15 is 0 Å². The predicted molar refractivity (Wildman–Crippen MR) is 94.4 cm³/mol. The van der Waals surface area contributed by atoms with Crippen molar-refractivity contribution in [1.29, 1.82) is 0 Å². The molecule has 0 aliphatic heterocycles. The van der Waals surface area contributed by atoms with Crippen LogP contribution in [0.1, 0.15) is 52.7 Å². The van der Waals surface area contributed by atoms with E-state index in [-0.39, 0.29) is 10.8 Å². The molecule has 1 heterocycles. The van der Waals surface area contributed by atoms with E-state index in [9.17, 15) is 0 Å². The summed E-state index contributed by atoms with van der Waals surface area (Å²) in [5.41, 5.74) is 6.67. The van der Waals surface area contributed by atoms with Crippen molar-refractivity contribution in [2.24, 2.45) is 0 Å². The first-order valence-electron chi connectivity index (χ1n) is 7.88. The van der Waals surface area contributed by atoms with Gasteiger partial charge in [0.1, 0.15) is 0 Å². The second kappa shape index (κ2) is 4.77. The second-order valence-electron chi connectivity index (χ2n) is 8.10. The molecule has 0 spiro atoms. The van der Waals surface area contributed by atoms with Gasteiger partial charge in [0.2, 0.25) is 0 Å². The van der Waals surface area contributed by atoms with Crippen molar-refractivity contribution < 1.29 is 0 Å². The van der Waals surface area contributed by atoms with Gasteiger partial charge in [-0.3, -0.25) is 0 Å². The average molecular weight is 292 g/mol. The van der Waals surface area contributed by atoms with Gasteiger partial charge in [0.25, 0.3) is 0 Å². The summed E-state index contributed by atoms with van der Waals surface area (Å²) in [5.74, 6) is 0. The standard InChI is InChI=1S/C20H24N2/c1-19(2,3)13-10-11-15-17(12-13)21-16-9-7-8-14(18(16)22-15)20(4,5)6/h7-12H,1-6H3. The van der Waals surface area contributed by atoms with Gasteiger partial charge in [-0.05, 0) is 40.2 Å². The molecule has 0 bridgehead atoms. The molecule has 1 aromatic heterocycles. The van der Waals surface area contributed by atoms with Crippen LogP contribution in [0.4, 0.5) is 0 Å². The first-order valence-corrected chi connectivity index (χ1v) is 7.88. The Morgan fingerprint density at radius 2 is 1.41 bits per heavy atom. The Morgan fingerprint density at radius 1 is 0.682 bits per heavy atom. The van der Waals surface area contributed by atoms with Crippen LogP contribution >= 0.6 is 0 Å². The van der Waals surface area contributed by atoms with Crippen molar-refractivity contribution in [3.05, 3.63) is 47.5 Å². The molecule has 0 radical (unpaired) electrons. The Hall–Kier alpha value is -1.96. The second-order valence-corrected chi connectivity index (χ2v) is 8.10. The molecule has 0 atom stereocenters. The lowest BCUT2D eigenvalue weighted by molar-refractivity contribution is 0.591. The number of benzene rings is 2. The summed E-state index contributed by atoms with van der Waals surface area (Å²) in [6, 6.07) is 12.7. The molecular formula is C20H24N2. The molecule has 3 aromatic rings. The van der Waals surface area contributed by atoms with Crippen LogP contribution in [0.2, 0.25) is 0 Å². The average Bonchev–Trinajstić information content (AvgIpc) is 2.41. The van der Waals surface area contributed by atoms with Crippen LogP contribution in [0.15, 0.2) is 36.4 Å². The number of nitrogens with zero attached hydrogens (tertiary/aromatic N) is 2. The van der Waals surface area contributed by atoms with Gasteiger partial charge in [-0.15, -0.1) is 0 Å². The van der Waals surface area contributed by atoms with Gasteiger partial charge < -0.3 is 0 Å². The SMILES string of the molecule is CC(C)(C)c1ccc2nc3c(C(C)(C)C)cccc3nc2c1. The summed E-state index contributed by atoms with van der Waals surface area (Å²) in [7, 11) is 0. The Kier molecular flexibility index (Phi) is 3.24. The maximum atomic E-state index is 4.90. The fourth-order valence-electron chi connectivity index (χ4n) is 2.77. The zero-order chi connectivity index (χ0) is 16.1. The summed E-state index contributed by atoms with van der Waals surface area (Å²) < 4.78 is 0. The zero-order valence-electron chi connectivity index (χ0n) is 14.4. The molecular weight excluding hydrogens is 268 g/mol. The summed E-state index contributed by atoms with van der Waals surface area (Å²) in [6.07, 6.45) is 0.